The van der Waals surface area contributed by atoms with Gasteiger partial charge in [-0.15, -0.1) is 0 Å². The van der Waals surface area contributed by atoms with Crippen LogP contribution in [0.1, 0.15) is 64.9 Å². The fourth-order valence-corrected chi connectivity index (χ4v) is 7.85. The van der Waals surface area contributed by atoms with Gasteiger partial charge in [-0.05, 0) is 89.5 Å². The Morgan fingerprint density at radius 1 is 0.935 bits per heavy atom. The van der Waals surface area contributed by atoms with Gasteiger partial charge in [0, 0.05) is 19.7 Å². The Labute approximate surface area is 185 Å². The molecule has 0 amide bonds. The van der Waals surface area contributed by atoms with Crippen LogP contribution in [0.25, 0.3) is 11.1 Å². The van der Waals surface area contributed by atoms with Gasteiger partial charge in [-0.1, -0.05) is 50.2 Å². The van der Waals surface area contributed by atoms with E-state index in [0.717, 1.165) is 29.2 Å². The molecule has 4 aliphatic rings. The van der Waals surface area contributed by atoms with Crippen LogP contribution in [0.3, 0.4) is 0 Å². The second-order valence-corrected chi connectivity index (χ2v) is 11.3. The normalized spacial score (nSPS) is 33.7. The molecule has 4 fully saturated rings. The van der Waals surface area contributed by atoms with E-state index in [1.807, 2.05) is 24.3 Å². The summed E-state index contributed by atoms with van der Waals surface area (Å²) < 4.78 is 5.11. The van der Waals surface area contributed by atoms with Crippen molar-refractivity contribution in [3.63, 3.8) is 0 Å². The first kappa shape index (κ1) is 20.5. The summed E-state index contributed by atoms with van der Waals surface area (Å²) in [5.41, 5.74) is 4.95. The van der Waals surface area contributed by atoms with Crippen LogP contribution in [-0.2, 0) is 4.79 Å². The lowest BCUT2D eigenvalue weighted by molar-refractivity contribution is -0.140. The summed E-state index contributed by atoms with van der Waals surface area (Å²) in [4.78, 5) is 16.0. The lowest BCUT2D eigenvalue weighted by Gasteiger charge is -2.65. The van der Waals surface area contributed by atoms with Crippen molar-refractivity contribution in [2.24, 2.45) is 27.2 Å². The molecule has 0 aromatic heterocycles. The van der Waals surface area contributed by atoms with Crippen molar-refractivity contribution in [2.45, 2.75) is 59.3 Å². The summed E-state index contributed by atoms with van der Waals surface area (Å²) in [7, 11) is 0. The highest BCUT2D eigenvalue weighted by molar-refractivity contribution is 5.81. The third-order valence-corrected chi connectivity index (χ3v) is 7.77. The molecular weight excluding hydrogens is 382 g/mol. The smallest absolute Gasteiger partial charge is 0.308 e. The summed E-state index contributed by atoms with van der Waals surface area (Å²) in [6.45, 7) is 7.46. The van der Waals surface area contributed by atoms with E-state index in [1.54, 1.807) is 0 Å². The van der Waals surface area contributed by atoms with Gasteiger partial charge in [0.1, 0.15) is 5.75 Å². The van der Waals surface area contributed by atoms with E-state index in [2.05, 4.69) is 44.3 Å². The van der Waals surface area contributed by atoms with Gasteiger partial charge < -0.3 is 4.74 Å². The Bertz CT molecular complexity index is 986. The standard InChI is InChI=1S/C28H33NO2/c1-20(30)31-25-10-8-24(9-11-25)23-6-4-21(5-7-23)15-29-19-28-14-22-12-26(2,17-28)16-27(3,13-22)18-28/h4-11,15,22H,12-14,16-19H2,1-3H3/t22?,26-,27+,28?. The monoisotopic (exact) mass is 415 g/mol. The number of rotatable bonds is 5. The predicted octanol–water partition coefficient (Wildman–Crippen LogP) is 6.69. The molecule has 0 N–H and O–H groups in total. The van der Waals surface area contributed by atoms with Crippen LogP contribution in [0, 0.1) is 22.2 Å². The Morgan fingerprint density at radius 3 is 2.06 bits per heavy atom. The van der Waals surface area contributed by atoms with Crippen molar-refractivity contribution in [2.75, 3.05) is 6.54 Å². The molecule has 4 bridgehead atoms. The third-order valence-electron chi connectivity index (χ3n) is 7.77. The number of hydrogen-bond donors (Lipinski definition) is 0. The number of aliphatic imine (C=N–C) groups is 1. The van der Waals surface area contributed by atoms with E-state index in [1.165, 1.54) is 45.4 Å². The quantitative estimate of drug-likeness (QED) is 0.310. The first-order valence-electron chi connectivity index (χ1n) is 11.6. The molecule has 6 rings (SSSR count). The molecule has 0 aliphatic heterocycles. The van der Waals surface area contributed by atoms with Crippen molar-refractivity contribution < 1.29 is 9.53 Å². The van der Waals surface area contributed by atoms with Gasteiger partial charge in [0.2, 0.25) is 0 Å². The van der Waals surface area contributed by atoms with E-state index in [9.17, 15) is 4.79 Å². The Morgan fingerprint density at radius 2 is 1.52 bits per heavy atom. The van der Waals surface area contributed by atoms with Crippen LogP contribution in [0.2, 0.25) is 0 Å². The molecule has 0 saturated heterocycles. The maximum absolute atomic E-state index is 11.1. The molecule has 4 atom stereocenters. The molecule has 3 heteroatoms. The number of carbonyl (C=O) groups excluding carboxylic acids is 1. The van der Waals surface area contributed by atoms with Crippen LogP contribution < -0.4 is 4.74 Å². The Balaban J connectivity index is 1.25. The molecule has 2 unspecified atom stereocenters. The minimum Gasteiger partial charge on any atom is -0.427 e. The summed E-state index contributed by atoms with van der Waals surface area (Å²) in [5, 5.41) is 0. The van der Waals surface area contributed by atoms with Crippen molar-refractivity contribution in [3.8, 4) is 16.9 Å². The highest BCUT2D eigenvalue weighted by Gasteiger charge is 2.59. The number of hydrogen-bond acceptors (Lipinski definition) is 3. The van der Waals surface area contributed by atoms with Crippen molar-refractivity contribution >= 4 is 12.2 Å². The third kappa shape index (κ3) is 4.20. The number of carbonyl (C=O) groups is 1. The van der Waals surface area contributed by atoms with Gasteiger partial charge in [0.05, 0.1) is 0 Å². The van der Waals surface area contributed by atoms with E-state index in [4.69, 9.17) is 9.73 Å². The molecule has 0 heterocycles. The molecule has 2 aromatic carbocycles. The van der Waals surface area contributed by atoms with E-state index in [0.29, 0.717) is 22.0 Å². The van der Waals surface area contributed by atoms with E-state index < -0.39 is 0 Å². The van der Waals surface area contributed by atoms with Gasteiger partial charge in [-0.2, -0.15) is 0 Å². The fraction of sp³-hybridized carbons (Fsp3) is 0.500. The topological polar surface area (TPSA) is 38.7 Å². The van der Waals surface area contributed by atoms with Gasteiger partial charge in [-0.25, -0.2) is 0 Å². The summed E-state index contributed by atoms with van der Waals surface area (Å²) in [5.74, 6) is 1.20. The van der Waals surface area contributed by atoms with Crippen LogP contribution in [0.15, 0.2) is 53.5 Å². The lowest BCUT2D eigenvalue weighted by Crippen LogP contribution is -2.55. The molecule has 4 aliphatic carbocycles. The first-order chi connectivity index (χ1) is 14.7. The maximum Gasteiger partial charge on any atom is 0.308 e. The number of ether oxygens (including phenoxy) is 1. The maximum atomic E-state index is 11.1. The number of nitrogens with zero attached hydrogens (tertiary/aromatic N) is 1. The van der Waals surface area contributed by atoms with Gasteiger partial charge in [0.15, 0.2) is 0 Å². The zero-order chi connectivity index (χ0) is 21.7. The minimum absolute atomic E-state index is 0.298. The average molecular weight is 416 g/mol. The lowest BCUT2D eigenvalue weighted by atomic mass is 9.40. The van der Waals surface area contributed by atoms with E-state index >= 15 is 0 Å². The summed E-state index contributed by atoms with van der Waals surface area (Å²) in [6, 6.07) is 16.2. The van der Waals surface area contributed by atoms with Crippen LogP contribution >= 0.6 is 0 Å². The SMILES string of the molecule is CC(=O)Oc1ccc(-c2ccc(C=NCC34CC5C[C@@](C)(C3)C[C@](C)(C5)C4)cc2)cc1. The Kier molecular flexibility index (Phi) is 4.84. The first-order valence-corrected chi connectivity index (χ1v) is 11.6. The van der Waals surface area contributed by atoms with Crippen LogP contribution in [0.4, 0.5) is 0 Å². The second kappa shape index (κ2) is 7.32. The average Bonchev–Trinajstić information content (AvgIpc) is 2.66. The minimum atomic E-state index is -0.298. The van der Waals surface area contributed by atoms with Gasteiger partial charge in [-0.3, -0.25) is 9.79 Å². The molecule has 31 heavy (non-hydrogen) atoms. The second-order valence-electron chi connectivity index (χ2n) is 11.3. The largest absolute Gasteiger partial charge is 0.427 e. The molecule has 2 aromatic rings. The molecule has 162 valence electrons. The molecular formula is C28H33NO2. The molecule has 0 spiro atoms. The van der Waals surface area contributed by atoms with Crippen LogP contribution in [0.5, 0.6) is 5.75 Å². The number of esters is 1. The zero-order valence-corrected chi connectivity index (χ0v) is 19.0. The Hall–Kier alpha value is -2.42. The fourth-order valence-electron chi connectivity index (χ4n) is 7.85. The van der Waals surface area contributed by atoms with Crippen LogP contribution in [-0.4, -0.2) is 18.7 Å². The number of benzene rings is 2. The van der Waals surface area contributed by atoms with Crippen molar-refractivity contribution in [1.29, 1.82) is 0 Å². The summed E-state index contributed by atoms with van der Waals surface area (Å²) in [6.07, 6.45) is 10.5. The van der Waals surface area contributed by atoms with Crippen molar-refractivity contribution in [1.82, 2.24) is 0 Å². The van der Waals surface area contributed by atoms with Crippen molar-refractivity contribution in [3.05, 3.63) is 54.1 Å². The van der Waals surface area contributed by atoms with Gasteiger partial charge in [0.25, 0.3) is 0 Å². The molecule has 0 radical (unpaired) electrons. The van der Waals surface area contributed by atoms with E-state index in [-0.39, 0.29) is 5.97 Å². The highest BCUT2D eigenvalue weighted by atomic mass is 16.5. The molecule has 3 nitrogen and oxygen atoms in total. The summed E-state index contributed by atoms with van der Waals surface area (Å²) >= 11 is 0. The highest BCUT2D eigenvalue weighted by Crippen LogP contribution is 2.69. The van der Waals surface area contributed by atoms with Gasteiger partial charge >= 0.3 is 5.97 Å². The molecule has 4 saturated carbocycles. The zero-order valence-electron chi connectivity index (χ0n) is 19.0. The predicted molar refractivity (Wildman–Crippen MR) is 125 cm³/mol.